The maximum atomic E-state index is 11.6. The molecule has 110 valence electrons. The van der Waals surface area contributed by atoms with Crippen LogP contribution in [0.25, 0.3) is 0 Å². The van der Waals surface area contributed by atoms with Crippen LogP contribution in [0, 0.1) is 0 Å². The van der Waals surface area contributed by atoms with Crippen LogP contribution in [-0.2, 0) is 16.0 Å². The quantitative estimate of drug-likeness (QED) is 0.754. The van der Waals surface area contributed by atoms with Crippen LogP contribution in [0.5, 0.6) is 0 Å². The number of aromatic amines is 1. The number of carboxylic acids is 1. The summed E-state index contributed by atoms with van der Waals surface area (Å²) >= 11 is 0. The molecular weight excluding hydrogens is 262 g/mol. The van der Waals surface area contributed by atoms with Crippen molar-refractivity contribution in [3.63, 3.8) is 0 Å². The van der Waals surface area contributed by atoms with Gasteiger partial charge in [-0.15, -0.1) is 0 Å². The zero-order valence-corrected chi connectivity index (χ0v) is 11.7. The molecule has 0 bridgehead atoms. The van der Waals surface area contributed by atoms with E-state index in [4.69, 9.17) is 10.5 Å². The van der Waals surface area contributed by atoms with Gasteiger partial charge in [-0.1, -0.05) is 6.07 Å². The van der Waals surface area contributed by atoms with Gasteiger partial charge in [0, 0.05) is 12.5 Å². The zero-order chi connectivity index (χ0) is 15.3. The number of alkyl carbamates (subject to hydrolysis) is 1. The van der Waals surface area contributed by atoms with Crippen molar-refractivity contribution in [3.8, 4) is 0 Å². The number of ether oxygens (including phenoxy) is 1. The zero-order valence-electron chi connectivity index (χ0n) is 11.7. The van der Waals surface area contributed by atoms with Gasteiger partial charge in [-0.25, -0.2) is 9.78 Å². The van der Waals surface area contributed by atoms with E-state index in [1.54, 1.807) is 39.0 Å². The van der Waals surface area contributed by atoms with Crippen LogP contribution in [0.15, 0.2) is 18.2 Å². The Hall–Kier alpha value is -2.31. The molecule has 4 N–H and O–H groups in total. The molecule has 0 radical (unpaired) electrons. The number of hydrogen-bond donors (Lipinski definition) is 2. The van der Waals surface area contributed by atoms with Crippen molar-refractivity contribution >= 4 is 17.9 Å². The molecule has 0 aromatic carbocycles. The Labute approximate surface area is 117 Å². The molecule has 1 aromatic rings. The van der Waals surface area contributed by atoms with E-state index in [0.29, 0.717) is 11.5 Å². The smallest absolute Gasteiger partial charge is 0.408 e. The second-order valence-electron chi connectivity index (χ2n) is 5.35. The van der Waals surface area contributed by atoms with E-state index in [-0.39, 0.29) is 6.42 Å². The summed E-state index contributed by atoms with van der Waals surface area (Å²) in [6.07, 6.45) is -0.789. The Kier molecular flexibility index (Phi) is 4.90. The standard InChI is InChI=1S/C13H19N3O4/c1-13(2,3)20-12(19)16-9(11(17)18)7-8-5-4-6-10(14)15-8/h4-6,9H,7H2,1-3H3,(H2,14,15)(H,16,19)(H,17,18)/t9-/m1/s1. The third-order valence-electron chi connectivity index (χ3n) is 2.28. The van der Waals surface area contributed by atoms with Crippen molar-refractivity contribution in [2.24, 2.45) is 0 Å². The summed E-state index contributed by atoms with van der Waals surface area (Å²) in [6.45, 7) is 5.06. The molecule has 1 amide bonds. The number of carbonyl (C=O) groups excluding carboxylic acids is 2. The summed E-state index contributed by atoms with van der Waals surface area (Å²) in [5.74, 6) is -0.997. The number of hydrogen-bond acceptors (Lipinski definition) is 5. The minimum Gasteiger partial charge on any atom is -0.548 e. The Morgan fingerprint density at radius 3 is 2.60 bits per heavy atom. The summed E-state index contributed by atoms with van der Waals surface area (Å²) in [5, 5.41) is 13.3. The fourth-order valence-corrected chi connectivity index (χ4v) is 1.52. The van der Waals surface area contributed by atoms with Crippen LogP contribution in [0.2, 0.25) is 0 Å². The molecule has 0 saturated carbocycles. The maximum Gasteiger partial charge on any atom is 0.408 e. The van der Waals surface area contributed by atoms with Crippen molar-refractivity contribution in [1.82, 2.24) is 5.32 Å². The van der Waals surface area contributed by atoms with Gasteiger partial charge in [0.2, 0.25) is 0 Å². The molecule has 1 atom stereocenters. The number of nitrogens with two attached hydrogens (primary N) is 1. The van der Waals surface area contributed by atoms with Crippen molar-refractivity contribution in [1.29, 1.82) is 0 Å². The van der Waals surface area contributed by atoms with Crippen LogP contribution in [-0.4, -0.2) is 23.7 Å². The molecule has 1 rings (SSSR count). The van der Waals surface area contributed by atoms with Crippen LogP contribution in [0.1, 0.15) is 26.5 Å². The van der Waals surface area contributed by atoms with Crippen molar-refractivity contribution in [3.05, 3.63) is 23.9 Å². The molecule has 0 unspecified atom stereocenters. The number of H-pyrrole nitrogens is 1. The van der Waals surface area contributed by atoms with E-state index < -0.39 is 23.7 Å². The third kappa shape index (κ3) is 5.55. The Morgan fingerprint density at radius 1 is 1.45 bits per heavy atom. The molecule has 1 heterocycles. The minimum atomic E-state index is -1.40. The summed E-state index contributed by atoms with van der Waals surface area (Å²) in [7, 11) is 0. The lowest BCUT2D eigenvalue weighted by Crippen LogP contribution is -2.51. The first kappa shape index (κ1) is 15.7. The number of rotatable bonds is 4. The van der Waals surface area contributed by atoms with E-state index >= 15 is 0 Å². The number of anilines is 1. The topological polar surface area (TPSA) is 119 Å². The highest BCUT2D eigenvalue weighted by Crippen LogP contribution is 2.07. The fraction of sp³-hybridized carbons (Fsp3) is 0.462. The number of pyridine rings is 1. The molecule has 0 saturated heterocycles. The van der Waals surface area contributed by atoms with Crippen LogP contribution >= 0.6 is 0 Å². The summed E-state index contributed by atoms with van der Waals surface area (Å²) in [4.78, 5) is 25.4. The van der Waals surface area contributed by atoms with E-state index in [1.807, 2.05) is 0 Å². The molecule has 0 aliphatic rings. The minimum absolute atomic E-state index is 0.0205. The van der Waals surface area contributed by atoms with E-state index in [0.717, 1.165) is 0 Å². The summed E-state index contributed by atoms with van der Waals surface area (Å²) < 4.78 is 5.00. The number of aromatic nitrogens is 1. The monoisotopic (exact) mass is 281 g/mol. The number of carbonyl (C=O) groups is 2. The number of nitrogens with one attached hydrogen (secondary N) is 2. The Balaban J connectivity index is 2.71. The molecule has 0 aliphatic heterocycles. The van der Waals surface area contributed by atoms with Gasteiger partial charge in [0.05, 0.1) is 12.0 Å². The molecule has 0 aliphatic carbocycles. The van der Waals surface area contributed by atoms with Crippen LogP contribution < -0.4 is 21.1 Å². The largest absolute Gasteiger partial charge is 0.548 e. The van der Waals surface area contributed by atoms with E-state index in [9.17, 15) is 14.7 Å². The molecular formula is C13H19N3O4. The number of nitrogen functional groups attached to an aromatic ring is 1. The van der Waals surface area contributed by atoms with Crippen molar-refractivity contribution in [2.45, 2.75) is 38.8 Å². The summed E-state index contributed by atoms with van der Waals surface area (Å²) in [6, 6.07) is 3.78. The highest BCUT2D eigenvalue weighted by molar-refractivity contribution is 5.78. The first-order valence-corrected chi connectivity index (χ1v) is 6.14. The van der Waals surface area contributed by atoms with Crippen molar-refractivity contribution in [2.75, 3.05) is 5.73 Å². The van der Waals surface area contributed by atoms with Gasteiger partial charge in [-0.05, 0) is 26.8 Å². The van der Waals surface area contributed by atoms with Gasteiger partial charge >= 0.3 is 6.09 Å². The fourth-order valence-electron chi connectivity index (χ4n) is 1.52. The molecule has 0 fully saturated rings. The lowest BCUT2D eigenvalue weighted by molar-refractivity contribution is -0.374. The number of aliphatic carboxylic acids is 1. The van der Waals surface area contributed by atoms with Gasteiger partial charge in [-0.2, -0.15) is 0 Å². The molecule has 1 aromatic heterocycles. The number of carboxylic acid groups (broad SMARTS) is 1. The maximum absolute atomic E-state index is 11.6. The average molecular weight is 281 g/mol. The third-order valence-corrected chi connectivity index (χ3v) is 2.28. The van der Waals surface area contributed by atoms with Crippen molar-refractivity contribution < 1.29 is 24.4 Å². The first-order chi connectivity index (χ1) is 9.17. The molecule has 7 heteroatoms. The van der Waals surface area contributed by atoms with Gasteiger partial charge in [0.25, 0.3) is 5.82 Å². The van der Waals surface area contributed by atoms with Gasteiger partial charge in [0.1, 0.15) is 11.3 Å². The number of amides is 1. The second kappa shape index (κ2) is 6.23. The summed E-state index contributed by atoms with van der Waals surface area (Å²) in [5.41, 5.74) is 5.42. The van der Waals surface area contributed by atoms with Gasteiger partial charge in [-0.3, -0.25) is 5.73 Å². The predicted molar refractivity (Wildman–Crippen MR) is 69.3 cm³/mol. The van der Waals surface area contributed by atoms with E-state index in [1.165, 1.54) is 0 Å². The lowest BCUT2D eigenvalue weighted by atomic mass is 10.1. The van der Waals surface area contributed by atoms with Crippen LogP contribution in [0.4, 0.5) is 10.6 Å². The van der Waals surface area contributed by atoms with Gasteiger partial charge < -0.3 is 20.0 Å². The molecule has 7 nitrogen and oxygen atoms in total. The van der Waals surface area contributed by atoms with Crippen LogP contribution in [0.3, 0.4) is 0 Å². The first-order valence-electron chi connectivity index (χ1n) is 6.14. The molecule has 20 heavy (non-hydrogen) atoms. The second-order valence-corrected chi connectivity index (χ2v) is 5.35. The Morgan fingerprint density at radius 2 is 2.10 bits per heavy atom. The lowest BCUT2D eigenvalue weighted by Gasteiger charge is -2.23. The van der Waals surface area contributed by atoms with E-state index in [2.05, 4.69) is 10.3 Å². The average Bonchev–Trinajstić information content (AvgIpc) is 2.25. The van der Waals surface area contributed by atoms with Gasteiger partial charge in [0.15, 0.2) is 0 Å². The Bertz CT molecular complexity index is 497. The highest BCUT2D eigenvalue weighted by Gasteiger charge is 2.21. The normalized spacial score (nSPS) is 12.6. The predicted octanol–water partition coefficient (Wildman–Crippen LogP) is -0.731. The SMILES string of the molecule is CC(C)(C)OC(=O)N[C@H](Cc1cccc(N)[nH+]1)C(=O)[O-]. The molecule has 0 spiro atoms. The highest BCUT2D eigenvalue weighted by atomic mass is 16.6.